The van der Waals surface area contributed by atoms with E-state index in [1.807, 2.05) is 0 Å². The topological polar surface area (TPSA) is 45.8 Å². The van der Waals surface area contributed by atoms with E-state index < -0.39 is 0 Å². The lowest BCUT2D eigenvalue weighted by atomic mass is 10.5. The highest BCUT2D eigenvalue weighted by atomic mass is 79.9. The molecular formula is C4H2BrClN2O. The van der Waals surface area contributed by atoms with E-state index in [0.29, 0.717) is 21.6 Å². The number of H-pyrrole nitrogens is 1. The van der Waals surface area contributed by atoms with E-state index in [1.165, 1.54) is 0 Å². The van der Waals surface area contributed by atoms with Gasteiger partial charge in [-0.15, -0.1) is 0 Å². The van der Waals surface area contributed by atoms with Crippen molar-refractivity contribution in [2.75, 3.05) is 0 Å². The molecule has 1 N–H and O–H groups in total. The van der Waals surface area contributed by atoms with Gasteiger partial charge >= 0.3 is 0 Å². The Morgan fingerprint density at radius 1 is 1.78 bits per heavy atom. The number of carbonyl (C=O) groups excluding carboxylic acids is 1. The minimum absolute atomic E-state index is 0.292. The van der Waals surface area contributed by atoms with Crippen molar-refractivity contribution in [2.45, 2.75) is 0 Å². The molecule has 0 aliphatic heterocycles. The van der Waals surface area contributed by atoms with Crippen molar-refractivity contribution in [3.63, 3.8) is 0 Å². The van der Waals surface area contributed by atoms with Gasteiger partial charge in [-0.1, -0.05) is 11.6 Å². The van der Waals surface area contributed by atoms with Crippen LogP contribution >= 0.6 is 27.5 Å². The van der Waals surface area contributed by atoms with Crippen LogP contribution in [-0.4, -0.2) is 16.5 Å². The predicted octanol–water partition coefficient (Wildman–Crippen LogP) is 1.64. The van der Waals surface area contributed by atoms with E-state index in [9.17, 15) is 4.79 Å². The SMILES string of the molecule is O=Cc1n[nH]c(Cl)c1Br. The van der Waals surface area contributed by atoms with Crippen LogP contribution in [0.2, 0.25) is 5.15 Å². The van der Waals surface area contributed by atoms with Crippen molar-refractivity contribution in [2.24, 2.45) is 0 Å². The van der Waals surface area contributed by atoms with Crippen molar-refractivity contribution in [3.05, 3.63) is 15.3 Å². The van der Waals surface area contributed by atoms with Gasteiger partial charge in [0.1, 0.15) is 10.8 Å². The molecule has 0 fully saturated rings. The molecule has 0 spiro atoms. The maximum absolute atomic E-state index is 10.1. The second-order valence-corrected chi connectivity index (χ2v) is 2.53. The highest BCUT2D eigenvalue weighted by molar-refractivity contribution is 9.10. The molecule has 0 radical (unpaired) electrons. The lowest BCUT2D eigenvalue weighted by Gasteiger charge is -1.78. The molecule has 0 saturated carbocycles. The van der Waals surface area contributed by atoms with E-state index in [2.05, 4.69) is 26.1 Å². The first-order valence-electron chi connectivity index (χ1n) is 2.10. The first-order chi connectivity index (χ1) is 4.25. The molecule has 9 heavy (non-hydrogen) atoms. The van der Waals surface area contributed by atoms with Crippen molar-refractivity contribution in [3.8, 4) is 0 Å². The van der Waals surface area contributed by atoms with E-state index >= 15 is 0 Å². The van der Waals surface area contributed by atoms with Gasteiger partial charge in [0, 0.05) is 0 Å². The van der Waals surface area contributed by atoms with Crippen LogP contribution in [0.3, 0.4) is 0 Å². The normalized spacial score (nSPS) is 9.56. The van der Waals surface area contributed by atoms with Crippen molar-refractivity contribution < 1.29 is 4.79 Å². The van der Waals surface area contributed by atoms with E-state index in [-0.39, 0.29) is 0 Å². The molecule has 1 aromatic rings. The average molecular weight is 209 g/mol. The van der Waals surface area contributed by atoms with Crippen molar-refractivity contribution in [1.29, 1.82) is 0 Å². The number of carbonyl (C=O) groups is 1. The van der Waals surface area contributed by atoms with Crippen LogP contribution in [0.1, 0.15) is 10.5 Å². The highest BCUT2D eigenvalue weighted by Gasteiger charge is 2.05. The summed E-state index contributed by atoms with van der Waals surface area (Å²) in [6, 6.07) is 0. The monoisotopic (exact) mass is 208 g/mol. The fourth-order valence-electron chi connectivity index (χ4n) is 0.398. The summed E-state index contributed by atoms with van der Waals surface area (Å²) in [5.74, 6) is 0. The number of aromatic nitrogens is 2. The molecule has 0 atom stereocenters. The number of hydrogen-bond acceptors (Lipinski definition) is 2. The molecule has 3 nitrogen and oxygen atoms in total. The van der Waals surface area contributed by atoms with Gasteiger partial charge in [-0.2, -0.15) is 5.10 Å². The molecular weight excluding hydrogens is 207 g/mol. The maximum Gasteiger partial charge on any atom is 0.171 e. The lowest BCUT2D eigenvalue weighted by Crippen LogP contribution is -1.77. The Morgan fingerprint density at radius 3 is 2.67 bits per heavy atom. The van der Waals surface area contributed by atoms with Gasteiger partial charge in [-0.05, 0) is 15.9 Å². The maximum atomic E-state index is 10.1. The Morgan fingerprint density at radius 2 is 2.44 bits per heavy atom. The molecule has 1 aromatic heterocycles. The summed E-state index contributed by atoms with van der Waals surface area (Å²) >= 11 is 8.54. The number of halogens is 2. The summed E-state index contributed by atoms with van der Waals surface area (Å²) in [5.41, 5.74) is 0.292. The number of rotatable bonds is 1. The van der Waals surface area contributed by atoms with Gasteiger partial charge in [0.2, 0.25) is 0 Å². The van der Waals surface area contributed by atoms with Crippen LogP contribution < -0.4 is 0 Å². The molecule has 5 heteroatoms. The van der Waals surface area contributed by atoms with Crippen molar-refractivity contribution >= 4 is 33.8 Å². The lowest BCUT2D eigenvalue weighted by molar-refractivity contribution is 0.111. The van der Waals surface area contributed by atoms with Crippen LogP contribution in [0.25, 0.3) is 0 Å². The Balaban J connectivity index is 3.18. The van der Waals surface area contributed by atoms with Crippen molar-refractivity contribution in [1.82, 2.24) is 10.2 Å². The quantitative estimate of drug-likeness (QED) is 0.715. The molecule has 1 heterocycles. The van der Waals surface area contributed by atoms with Gasteiger partial charge < -0.3 is 0 Å². The molecule has 0 aromatic carbocycles. The highest BCUT2D eigenvalue weighted by Crippen LogP contribution is 2.21. The first-order valence-corrected chi connectivity index (χ1v) is 3.27. The Bertz CT molecular complexity index is 234. The first kappa shape index (κ1) is 6.77. The second-order valence-electron chi connectivity index (χ2n) is 1.35. The van der Waals surface area contributed by atoms with Crippen LogP contribution in [0.5, 0.6) is 0 Å². The molecule has 1 rings (SSSR count). The number of nitrogens with one attached hydrogen (secondary N) is 1. The minimum Gasteiger partial charge on any atom is -0.296 e. The zero-order chi connectivity index (χ0) is 6.85. The summed E-state index contributed by atoms with van der Waals surface area (Å²) in [5, 5.41) is 6.33. The number of aromatic amines is 1. The zero-order valence-corrected chi connectivity index (χ0v) is 6.53. The molecule has 0 bridgehead atoms. The van der Waals surface area contributed by atoms with Crippen LogP contribution in [-0.2, 0) is 0 Å². The summed E-state index contributed by atoms with van der Waals surface area (Å²) in [6.07, 6.45) is 0.618. The largest absolute Gasteiger partial charge is 0.296 e. The van der Waals surface area contributed by atoms with Crippen LogP contribution in [0, 0.1) is 0 Å². The molecule has 0 aliphatic rings. The summed E-state index contributed by atoms with van der Waals surface area (Å²) < 4.78 is 0.513. The summed E-state index contributed by atoms with van der Waals surface area (Å²) in [4.78, 5) is 10.1. The summed E-state index contributed by atoms with van der Waals surface area (Å²) in [7, 11) is 0. The molecule has 0 amide bonds. The van der Waals surface area contributed by atoms with Gasteiger partial charge in [0.05, 0.1) is 4.47 Å². The standard InChI is InChI=1S/C4H2BrClN2O/c5-3-2(1-9)7-8-4(3)6/h1H,(H,7,8). The fraction of sp³-hybridized carbons (Fsp3) is 0. The smallest absolute Gasteiger partial charge is 0.171 e. The predicted molar refractivity (Wildman–Crippen MR) is 36.7 cm³/mol. The van der Waals surface area contributed by atoms with Gasteiger partial charge in [-0.3, -0.25) is 9.89 Å². The molecule has 0 unspecified atom stereocenters. The Kier molecular flexibility index (Phi) is 1.87. The van der Waals surface area contributed by atoms with E-state index in [1.54, 1.807) is 0 Å². The molecule has 0 aliphatic carbocycles. The summed E-state index contributed by atoms with van der Waals surface area (Å²) in [6.45, 7) is 0. The number of hydrogen-bond donors (Lipinski definition) is 1. The van der Waals surface area contributed by atoms with Crippen LogP contribution in [0.4, 0.5) is 0 Å². The number of nitrogens with zero attached hydrogens (tertiary/aromatic N) is 1. The van der Waals surface area contributed by atoms with E-state index in [0.717, 1.165) is 0 Å². The Labute approximate surface area is 64.5 Å². The third-order valence-corrected chi connectivity index (χ3v) is 2.11. The average Bonchev–Trinajstić information content (AvgIpc) is 2.15. The van der Waals surface area contributed by atoms with Gasteiger partial charge in [0.25, 0.3) is 0 Å². The third kappa shape index (κ3) is 1.14. The van der Waals surface area contributed by atoms with E-state index in [4.69, 9.17) is 11.6 Å². The second kappa shape index (κ2) is 2.49. The minimum atomic E-state index is 0.292. The fourth-order valence-corrected chi connectivity index (χ4v) is 0.808. The third-order valence-electron chi connectivity index (χ3n) is 0.804. The van der Waals surface area contributed by atoms with Crippen LogP contribution in [0.15, 0.2) is 4.47 Å². The van der Waals surface area contributed by atoms with Gasteiger partial charge in [0.15, 0.2) is 6.29 Å². The number of aldehydes is 1. The molecule has 0 saturated heterocycles. The molecule has 48 valence electrons. The Hall–Kier alpha value is -0.350. The van der Waals surface area contributed by atoms with Gasteiger partial charge in [-0.25, -0.2) is 0 Å². The zero-order valence-electron chi connectivity index (χ0n) is 4.19.